The maximum atomic E-state index is 14.9. The minimum absolute atomic E-state index is 0.126. The topological polar surface area (TPSA) is 34.2 Å². The van der Waals surface area contributed by atoms with E-state index in [0.29, 0.717) is 30.4 Å². The van der Waals surface area contributed by atoms with Crippen LogP contribution in [0.2, 0.25) is 0 Å². The summed E-state index contributed by atoms with van der Waals surface area (Å²) in [6, 6.07) is 11.1. The van der Waals surface area contributed by atoms with Crippen molar-refractivity contribution in [1.29, 1.82) is 0 Å². The Kier molecular flexibility index (Phi) is 8.34. The summed E-state index contributed by atoms with van der Waals surface area (Å²) in [7, 11) is 3.25. The number of benzene rings is 2. The normalized spacial score (nSPS) is 17.3. The van der Waals surface area contributed by atoms with Crippen molar-refractivity contribution in [2.24, 2.45) is 0 Å². The van der Waals surface area contributed by atoms with Crippen molar-refractivity contribution in [3.8, 4) is 17.2 Å². The highest BCUT2D eigenvalue weighted by molar-refractivity contribution is 5.56. The number of anilines is 1. The fourth-order valence-electron chi connectivity index (χ4n) is 5.28. The largest absolute Gasteiger partial charge is 0.493 e. The number of hydrogen-bond acceptors (Lipinski definition) is 5. The van der Waals surface area contributed by atoms with E-state index in [1.54, 1.807) is 26.4 Å². The number of halogens is 1. The Morgan fingerprint density at radius 3 is 2.15 bits per heavy atom. The Morgan fingerprint density at radius 1 is 0.912 bits per heavy atom. The number of ether oxygens (including phenoxy) is 3. The fourth-order valence-corrected chi connectivity index (χ4v) is 5.28. The molecule has 0 spiro atoms. The lowest BCUT2D eigenvalue weighted by molar-refractivity contribution is -0.0342. The molecule has 1 fully saturated rings. The van der Waals surface area contributed by atoms with E-state index in [-0.39, 0.29) is 16.9 Å². The summed E-state index contributed by atoms with van der Waals surface area (Å²) >= 11 is 0. The van der Waals surface area contributed by atoms with Crippen LogP contribution in [0, 0.1) is 5.82 Å². The first-order valence-corrected chi connectivity index (χ1v) is 12.3. The number of hydrogen-bond donors (Lipinski definition) is 0. The first-order valence-electron chi connectivity index (χ1n) is 12.3. The Bertz CT molecular complexity index is 945. The zero-order valence-electron chi connectivity index (χ0n) is 21.9. The predicted molar refractivity (Wildman–Crippen MR) is 137 cm³/mol. The molecule has 5 nitrogen and oxygen atoms in total. The molecule has 1 aliphatic rings. The summed E-state index contributed by atoms with van der Waals surface area (Å²) in [6.45, 7) is 13.9. The van der Waals surface area contributed by atoms with Crippen molar-refractivity contribution in [2.75, 3.05) is 38.8 Å². The lowest BCUT2D eigenvalue weighted by atomic mass is 9.80. The molecule has 0 saturated carbocycles. The number of nitrogens with zero attached hydrogens (tertiary/aromatic N) is 2. The lowest BCUT2D eigenvalue weighted by Gasteiger charge is -2.53. The summed E-state index contributed by atoms with van der Waals surface area (Å²) < 4.78 is 31.6. The minimum Gasteiger partial charge on any atom is -0.493 e. The van der Waals surface area contributed by atoms with Crippen molar-refractivity contribution in [3.63, 3.8) is 0 Å². The summed E-state index contributed by atoms with van der Waals surface area (Å²) in [5.74, 6) is 1.35. The highest BCUT2D eigenvalue weighted by atomic mass is 19.1. The van der Waals surface area contributed by atoms with E-state index in [4.69, 9.17) is 14.2 Å². The van der Waals surface area contributed by atoms with Gasteiger partial charge in [-0.25, -0.2) is 4.39 Å². The van der Waals surface area contributed by atoms with Gasteiger partial charge in [0.25, 0.3) is 0 Å². The number of rotatable bonds is 10. The van der Waals surface area contributed by atoms with Gasteiger partial charge >= 0.3 is 0 Å². The second-order valence-electron chi connectivity index (χ2n) is 10.3. The molecule has 0 unspecified atom stereocenters. The molecule has 34 heavy (non-hydrogen) atoms. The summed E-state index contributed by atoms with van der Waals surface area (Å²) in [6.07, 6.45) is 3.59. The van der Waals surface area contributed by atoms with Gasteiger partial charge in [-0.3, -0.25) is 4.90 Å². The summed E-state index contributed by atoms with van der Waals surface area (Å²) in [5.41, 5.74) is 2.13. The van der Waals surface area contributed by atoms with E-state index < -0.39 is 0 Å². The lowest BCUT2D eigenvalue weighted by Crippen LogP contribution is -2.59. The van der Waals surface area contributed by atoms with Crippen LogP contribution < -0.4 is 19.1 Å². The molecule has 0 N–H and O–H groups in total. The van der Waals surface area contributed by atoms with Crippen LogP contribution in [-0.4, -0.2) is 49.9 Å². The molecule has 2 aromatic rings. The first kappa shape index (κ1) is 26.1. The van der Waals surface area contributed by atoms with Gasteiger partial charge in [0.1, 0.15) is 6.61 Å². The quantitative estimate of drug-likeness (QED) is 0.406. The molecule has 2 aromatic carbocycles. The van der Waals surface area contributed by atoms with Crippen LogP contribution in [0.3, 0.4) is 0 Å². The molecule has 1 aliphatic heterocycles. The number of likely N-dealkylation sites (tertiary alicyclic amines) is 1. The van der Waals surface area contributed by atoms with Crippen LogP contribution in [0.5, 0.6) is 17.2 Å². The Labute approximate surface area is 204 Å². The third-order valence-electron chi connectivity index (χ3n) is 7.09. The van der Waals surface area contributed by atoms with E-state index >= 15 is 0 Å². The second kappa shape index (κ2) is 10.9. The molecule has 0 aromatic heterocycles. The summed E-state index contributed by atoms with van der Waals surface area (Å²) in [4.78, 5) is 4.68. The van der Waals surface area contributed by atoms with Crippen molar-refractivity contribution < 1.29 is 18.6 Å². The smallest absolute Gasteiger partial charge is 0.165 e. The SMILES string of the molecule is CCN(Cc1ccc(OCCN2C(C)(C)CCCC2(C)C)c(F)c1)c1ccc(OC)c(OC)c1. The molecule has 0 amide bonds. The Balaban J connectivity index is 1.64. The molecular weight excluding hydrogens is 431 g/mol. The third-order valence-corrected chi connectivity index (χ3v) is 7.09. The molecule has 6 heteroatoms. The van der Waals surface area contributed by atoms with Crippen LogP contribution in [0.1, 0.15) is 59.4 Å². The van der Waals surface area contributed by atoms with Gasteiger partial charge in [-0.05, 0) is 83.7 Å². The maximum Gasteiger partial charge on any atom is 0.165 e. The average molecular weight is 473 g/mol. The molecule has 0 aliphatic carbocycles. The van der Waals surface area contributed by atoms with Gasteiger partial charge in [0.15, 0.2) is 23.1 Å². The van der Waals surface area contributed by atoms with Gasteiger partial charge in [0.05, 0.1) is 14.2 Å². The highest BCUT2D eigenvalue weighted by Crippen LogP contribution is 2.38. The molecular formula is C28H41FN2O3. The first-order chi connectivity index (χ1) is 16.1. The summed E-state index contributed by atoms with van der Waals surface area (Å²) in [5, 5.41) is 0. The third kappa shape index (κ3) is 5.96. The fraction of sp³-hybridized carbons (Fsp3) is 0.571. The molecule has 0 radical (unpaired) electrons. The van der Waals surface area contributed by atoms with Gasteiger partial charge in [0.2, 0.25) is 0 Å². The van der Waals surface area contributed by atoms with Gasteiger partial charge in [0, 0.05) is 42.5 Å². The van der Waals surface area contributed by atoms with Crippen LogP contribution in [-0.2, 0) is 6.54 Å². The van der Waals surface area contributed by atoms with Gasteiger partial charge < -0.3 is 19.1 Å². The van der Waals surface area contributed by atoms with E-state index in [2.05, 4.69) is 44.4 Å². The average Bonchev–Trinajstić information content (AvgIpc) is 2.79. The van der Waals surface area contributed by atoms with Crippen LogP contribution >= 0.6 is 0 Å². The van der Waals surface area contributed by atoms with Crippen LogP contribution in [0.15, 0.2) is 36.4 Å². The number of methoxy groups -OCH3 is 2. The van der Waals surface area contributed by atoms with E-state index in [0.717, 1.165) is 24.3 Å². The predicted octanol–water partition coefficient (Wildman–Crippen LogP) is 6.29. The second-order valence-corrected chi connectivity index (χ2v) is 10.3. The molecule has 0 bridgehead atoms. The molecule has 3 rings (SSSR count). The van der Waals surface area contributed by atoms with Gasteiger partial charge in [-0.2, -0.15) is 0 Å². The highest BCUT2D eigenvalue weighted by Gasteiger charge is 2.40. The minimum atomic E-state index is -0.321. The maximum absolute atomic E-state index is 14.9. The zero-order chi connectivity index (χ0) is 24.9. The Morgan fingerprint density at radius 2 is 1.56 bits per heavy atom. The Hall–Kier alpha value is -2.47. The number of piperidine rings is 1. The van der Waals surface area contributed by atoms with E-state index in [9.17, 15) is 4.39 Å². The van der Waals surface area contributed by atoms with Crippen LogP contribution in [0.25, 0.3) is 0 Å². The van der Waals surface area contributed by atoms with Gasteiger partial charge in [-0.1, -0.05) is 6.07 Å². The molecule has 1 saturated heterocycles. The van der Waals surface area contributed by atoms with Crippen molar-refractivity contribution >= 4 is 5.69 Å². The molecule has 0 atom stereocenters. The van der Waals surface area contributed by atoms with E-state index in [1.807, 2.05) is 24.3 Å². The monoisotopic (exact) mass is 472 g/mol. The molecule has 1 heterocycles. The zero-order valence-corrected chi connectivity index (χ0v) is 21.9. The van der Waals surface area contributed by atoms with Crippen molar-refractivity contribution in [1.82, 2.24) is 4.90 Å². The van der Waals surface area contributed by atoms with Gasteiger partial charge in [-0.15, -0.1) is 0 Å². The van der Waals surface area contributed by atoms with Crippen LogP contribution in [0.4, 0.5) is 10.1 Å². The standard InChI is InChI=1S/C28H41FN2O3/c1-8-30(22-11-13-25(32-6)26(19-22)33-7)20-21-10-12-24(23(29)18-21)34-17-16-31-27(2,3)14-9-15-28(31,4)5/h10-13,18-19H,8-9,14-17,20H2,1-7H3. The molecule has 188 valence electrons. The van der Waals surface area contributed by atoms with Crippen molar-refractivity contribution in [3.05, 3.63) is 47.8 Å². The van der Waals surface area contributed by atoms with E-state index in [1.165, 1.54) is 19.3 Å². The van der Waals surface area contributed by atoms with Crippen molar-refractivity contribution in [2.45, 2.75) is 71.5 Å².